The lowest BCUT2D eigenvalue weighted by Gasteiger charge is -2.31. The van der Waals surface area contributed by atoms with E-state index < -0.39 is 0 Å². The van der Waals surface area contributed by atoms with Gasteiger partial charge in [-0.05, 0) is 51.6 Å². The van der Waals surface area contributed by atoms with Gasteiger partial charge >= 0.3 is 0 Å². The molecule has 2 N–H and O–H groups in total. The molecule has 0 aromatic heterocycles. The molecule has 1 amide bonds. The molecule has 0 aliphatic heterocycles. The van der Waals surface area contributed by atoms with Crippen LogP contribution in [0.2, 0.25) is 0 Å². The van der Waals surface area contributed by atoms with Crippen molar-refractivity contribution in [2.75, 3.05) is 32.9 Å². The highest BCUT2D eigenvalue weighted by Gasteiger charge is 2.28. The van der Waals surface area contributed by atoms with Gasteiger partial charge in [-0.2, -0.15) is 0 Å². The minimum atomic E-state index is 0.133. The molecule has 4 heteroatoms. The Hall–Kier alpha value is -1.55. The third-order valence-electron chi connectivity index (χ3n) is 4.42. The van der Waals surface area contributed by atoms with Gasteiger partial charge < -0.3 is 15.5 Å². The minimum absolute atomic E-state index is 0.133. The fourth-order valence-electron chi connectivity index (χ4n) is 3.01. The average Bonchev–Trinajstić information content (AvgIpc) is 2.95. The Bertz CT molecular complexity index is 493. The van der Waals surface area contributed by atoms with Crippen LogP contribution in [0, 0.1) is 6.92 Å². The highest BCUT2D eigenvalue weighted by atomic mass is 16.2. The lowest BCUT2D eigenvalue weighted by atomic mass is 10.0. The summed E-state index contributed by atoms with van der Waals surface area (Å²) in [7, 11) is 4.09. The quantitative estimate of drug-likeness (QED) is 0.847. The Morgan fingerprint density at radius 1 is 1.24 bits per heavy atom. The summed E-state index contributed by atoms with van der Waals surface area (Å²) in [6.07, 6.45) is 4.71. The van der Waals surface area contributed by atoms with Crippen molar-refractivity contribution in [2.45, 2.75) is 38.6 Å². The van der Waals surface area contributed by atoms with Crippen molar-refractivity contribution in [3.05, 3.63) is 29.3 Å². The molecule has 1 saturated carbocycles. The summed E-state index contributed by atoms with van der Waals surface area (Å²) in [6.45, 7) is 3.61. The normalized spacial score (nSPS) is 15.6. The minimum Gasteiger partial charge on any atom is -0.398 e. The van der Waals surface area contributed by atoms with Gasteiger partial charge in [-0.1, -0.05) is 18.9 Å². The van der Waals surface area contributed by atoms with Crippen LogP contribution >= 0.6 is 0 Å². The molecule has 2 rings (SSSR count). The van der Waals surface area contributed by atoms with E-state index in [1.54, 1.807) is 0 Å². The van der Waals surface area contributed by atoms with Crippen LogP contribution in [-0.2, 0) is 0 Å². The first kappa shape index (κ1) is 15.8. The van der Waals surface area contributed by atoms with E-state index in [9.17, 15) is 4.79 Å². The van der Waals surface area contributed by atoms with E-state index in [0.29, 0.717) is 11.7 Å². The molecular weight excluding hydrogens is 262 g/mol. The van der Waals surface area contributed by atoms with Crippen molar-refractivity contribution in [3.8, 4) is 0 Å². The molecule has 4 nitrogen and oxygen atoms in total. The van der Waals surface area contributed by atoms with Crippen LogP contribution in [0.4, 0.5) is 5.69 Å². The average molecular weight is 289 g/mol. The van der Waals surface area contributed by atoms with Crippen molar-refractivity contribution in [3.63, 3.8) is 0 Å². The molecule has 1 fully saturated rings. The summed E-state index contributed by atoms with van der Waals surface area (Å²) in [6, 6.07) is 6.00. The molecule has 0 heterocycles. The zero-order valence-electron chi connectivity index (χ0n) is 13.4. The summed E-state index contributed by atoms with van der Waals surface area (Å²) in [4.78, 5) is 17.2. The first-order chi connectivity index (χ1) is 10.0. The first-order valence-electron chi connectivity index (χ1n) is 7.81. The zero-order valence-corrected chi connectivity index (χ0v) is 13.4. The Balaban J connectivity index is 2.22. The Kier molecular flexibility index (Phi) is 5.23. The van der Waals surface area contributed by atoms with Crippen molar-refractivity contribution < 1.29 is 4.79 Å². The SMILES string of the molecule is Cc1c(N)cccc1C(=O)N(CCN(C)C)C1CCCC1. The maximum absolute atomic E-state index is 13.0. The lowest BCUT2D eigenvalue weighted by Crippen LogP contribution is -2.43. The second-order valence-electron chi connectivity index (χ2n) is 6.26. The van der Waals surface area contributed by atoms with Crippen LogP contribution in [0.15, 0.2) is 18.2 Å². The fraction of sp³-hybridized carbons (Fsp3) is 0.588. The second kappa shape index (κ2) is 6.94. The van der Waals surface area contributed by atoms with Gasteiger partial charge in [-0.25, -0.2) is 0 Å². The van der Waals surface area contributed by atoms with E-state index in [1.807, 2.05) is 39.2 Å². The van der Waals surface area contributed by atoms with E-state index in [2.05, 4.69) is 9.80 Å². The van der Waals surface area contributed by atoms with Gasteiger partial charge in [0.05, 0.1) is 0 Å². The van der Waals surface area contributed by atoms with Crippen LogP contribution in [0.3, 0.4) is 0 Å². The number of nitrogens with two attached hydrogens (primary N) is 1. The number of anilines is 1. The molecule has 0 saturated heterocycles. The van der Waals surface area contributed by atoms with Gasteiger partial charge in [0.15, 0.2) is 0 Å². The van der Waals surface area contributed by atoms with Crippen LogP contribution in [0.5, 0.6) is 0 Å². The van der Waals surface area contributed by atoms with Crippen LogP contribution in [-0.4, -0.2) is 48.9 Å². The molecule has 1 aliphatic carbocycles. The number of carbonyl (C=O) groups is 1. The van der Waals surface area contributed by atoms with Crippen molar-refractivity contribution in [1.29, 1.82) is 0 Å². The molecule has 0 radical (unpaired) electrons. The largest absolute Gasteiger partial charge is 0.398 e. The topological polar surface area (TPSA) is 49.6 Å². The molecule has 0 bridgehead atoms. The van der Waals surface area contributed by atoms with E-state index in [0.717, 1.165) is 37.1 Å². The standard InChI is InChI=1S/C17H27N3O/c1-13-15(9-6-10-16(13)18)17(21)20(12-11-19(2)3)14-7-4-5-8-14/h6,9-10,14H,4-5,7-8,11-12,18H2,1-3H3. The van der Waals surface area contributed by atoms with Gasteiger partial charge in [0.1, 0.15) is 0 Å². The summed E-state index contributed by atoms with van der Waals surface area (Å²) in [5, 5.41) is 0. The number of nitrogens with zero attached hydrogens (tertiary/aromatic N) is 2. The number of nitrogen functional groups attached to an aromatic ring is 1. The molecule has 21 heavy (non-hydrogen) atoms. The first-order valence-corrected chi connectivity index (χ1v) is 7.81. The number of benzene rings is 1. The summed E-state index contributed by atoms with van der Waals surface area (Å²) in [5.41, 5.74) is 8.30. The molecule has 1 aromatic carbocycles. The summed E-state index contributed by atoms with van der Waals surface area (Å²) < 4.78 is 0. The van der Waals surface area contributed by atoms with Crippen LogP contribution in [0.1, 0.15) is 41.6 Å². The third-order valence-corrected chi connectivity index (χ3v) is 4.42. The molecular formula is C17H27N3O. The van der Waals surface area contributed by atoms with Crippen molar-refractivity contribution >= 4 is 11.6 Å². The number of likely N-dealkylation sites (N-methyl/N-ethyl adjacent to an activating group) is 1. The number of hydrogen-bond donors (Lipinski definition) is 1. The predicted octanol–water partition coefficient (Wildman–Crippen LogP) is 2.52. The van der Waals surface area contributed by atoms with Gasteiger partial charge in [-0.3, -0.25) is 4.79 Å². The lowest BCUT2D eigenvalue weighted by molar-refractivity contribution is 0.0667. The Morgan fingerprint density at radius 2 is 1.90 bits per heavy atom. The Labute approximate surface area is 127 Å². The summed E-state index contributed by atoms with van der Waals surface area (Å²) in [5.74, 6) is 0.133. The van der Waals surface area contributed by atoms with E-state index in [-0.39, 0.29) is 5.91 Å². The highest BCUT2D eigenvalue weighted by Crippen LogP contribution is 2.26. The number of hydrogen-bond acceptors (Lipinski definition) is 3. The highest BCUT2D eigenvalue weighted by molar-refractivity contribution is 5.97. The second-order valence-corrected chi connectivity index (χ2v) is 6.26. The van der Waals surface area contributed by atoms with Gasteiger partial charge in [0.25, 0.3) is 5.91 Å². The van der Waals surface area contributed by atoms with Crippen molar-refractivity contribution in [1.82, 2.24) is 9.80 Å². The van der Waals surface area contributed by atoms with Gasteiger partial charge in [-0.15, -0.1) is 0 Å². The smallest absolute Gasteiger partial charge is 0.254 e. The number of rotatable bonds is 5. The van der Waals surface area contributed by atoms with Gasteiger partial charge in [0.2, 0.25) is 0 Å². The maximum Gasteiger partial charge on any atom is 0.254 e. The molecule has 0 unspecified atom stereocenters. The Morgan fingerprint density at radius 3 is 2.52 bits per heavy atom. The maximum atomic E-state index is 13.0. The van der Waals surface area contributed by atoms with Crippen molar-refractivity contribution in [2.24, 2.45) is 0 Å². The van der Waals surface area contributed by atoms with Crippen LogP contribution in [0.25, 0.3) is 0 Å². The van der Waals surface area contributed by atoms with E-state index >= 15 is 0 Å². The monoisotopic (exact) mass is 289 g/mol. The zero-order chi connectivity index (χ0) is 15.4. The molecule has 116 valence electrons. The predicted molar refractivity (Wildman–Crippen MR) is 87.4 cm³/mol. The summed E-state index contributed by atoms with van der Waals surface area (Å²) >= 11 is 0. The van der Waals surface area contributed by atoms with Gasteiger partial charge in [0, 0.05) is 30.4 Å². The molecule has 1 aromatic rings. The molecule has 0 atom stereocenters. The third kappa shape index (κ3) is 3.76. The van der Waals surface area contributed by atoms with E-state index in [4.69, 9.17) is 5.73 Å². The van der Waals surface area contributed by atoms with Crippen LogP contribution < -0.4 is 5.73 Å². The fourth-order valence-corrected chi connectivity index (χ4v) is 3.01. The number of amides is 1. The van der Waals surface area contributed by atoms with E-state index in [1.165, 1.54) is 12.8 Å². The number of carbonyl (C=O) groups excluding carboxylic acids is 1. The molecule has 1 aliphatic rings. The molecule has 0 spiro atoms.